The third kappa shape index (κ3) is 3.93. The van der Waals surface area contributed by atoms with Gasteiger partial charge in [0.25, 0.3) is 0 Å². The lowest BCUT2D eigenvalue weighted by molar-refractivity contribution is -0.142. The molecule has 6 heteroatoms. The van der Waals surface area contributed by atoms with Crippen molar-refractivity contribution in [2.45, 2.75) is 38.3 Å². The van der Waals surface area contributed by atoms with E-state index in [4.69, 9.17) is 10.5 Å². The van der Waals surface area contributed by atoms with Gasteiger partial charge in [0.1, 0.15) is 5.82 Å². The predicted molar refractivity (Wildman–Crippen MR) is 81.0 cm³/mol. The zero-order chi connectivity index (χ0) is 14.5. The van der Waals surface area contributed by atoms with Gasteiger partial charge in [0.2, 0.25) is 0 Å². The van der Waals surface area contributed by atoms with Gasteiger partial charge in [-0.3, -0.25) is 9.69 Å². The molecule has 0 aliphatic carbocycles. The predicted octanol–water partition coefficient (Wildman–Crippen LogP) is 2.34. The second kappa shape index (κ2) is 7.04. The highest BCUT2D eigenvalue weighted by molar-refractivity contribution is 9.10. The number of carbonyl (C=O) groups excluding carboxylic acids is 1. The largest absolute Gasteiger partial charge is 0.469 e. The van der Waals surface area contributed by atoms with Crippen LogP contribution in [0.3, 0.4) is 0 Å². The Labute approximate surface area is 127 Å². The Morgan fingerprint density at radius 3 is 3.15 bits per heavy atom. The Morgan fingerprint density at radius 1 is 1.60 bits per heavy atom. The standard InChI is InChI=1S/C14H20BrN3O2/c1-20-13(19)7-12-4-2-3-5-18(12)9-10-6-11(15)8-17-14(10)16/h6,8,12H,2-5,7,9H2,1H3,(H2,16,17). The maximum atomic E-state index is 11.5. The number of anilines is 1. The molecule has 1 saturated heterocycles. The summed E-state index contributed by atoms with van der Waals surface area (Å²) in [5.74, 6) is 0.401. The maximum absolute atomic E-state index is 11.5. The van der Waals surface area contributed by atoms with Crippen LogP contribution >= 0.6 is 15.9 Å². The van der Waals surface area contributed by atoms with Crippen LogP contribution in [-0.2, 0) is 16.1 Å². The van der Waals surface area contributed by atoms with Crippen molar-refractivity contribution in [2.75, 3.05) is 19.4 Å². The third-order valence-electron chi connectivity index (χ3n) is 3.72. The molecular weight excluding hydrogens is 322 g/mol. The molecule has 5 nitrogen and oxygen atoms in total. The van der Waals surface area contributed by atoms with Gasteiger partial charge in [-0.1, -0.05) is 6.42 Å². The van der Waals surface area contributed by atoms with E-state index in [0.29, 0.717) is 12.2 Å². The summed E-state index contributed by atoms with van der Waals surface area (Å²) in [6, 6.07) is 2.22. The smallest absolute Gasteiger partial charge is 0.307 e. The number of carbonyl (C=O) groups is 1. The van der Waals surface area contributed by atoms with Gasteiger partial charge in [-0.2, -0.15) is 0 Å². The number of aromatic nitrogens is 1. The number of nitrogens with zero attached hydrogens (tertiary/aromatic N) is 2. The molecule has 1 aliphatic rings. The van der Waals surface area contributed by atoms with E-state index in [1.54, 1.807) is 6.20 Å². The van der Waals surface area contributed by atoms with Crippen LogP contribution in [0.1, 0.15) is 31.2 Å². The molecule has 2 rings (SSSR count). The quantitative estimate of drug-likeness (QED) is 0.851. The number of halogens is 1. The molecule has 110 valence electrons. The van der Waals surface area contributed by atoms with Crippen LogP contribution in [0.2, 0.25) is 0 Å². The maximum Gasteiger partial charge on any atom is 0.307 e. The number of hydrogen-bond acceptors (Lipinski definition) is 5. The van der Waals surface area contributed by atoms with Crippen molar-refractivity contribution in [3.63, 3.8) is 0 Å². The van der Waals surface area contributed by atoms with Crippen molar-refractivity contribution >= 4 is 27.7 Å². The Balaban J connectivity index is 2.08. The summed E-state index contributed by atoms with van der Waals surface area (Å²) < 4.78 is 5.70. The summed E-state index contributed by atoms with van der Waals surface area (Å²) in [6.45, 7) is 1.70. The zero-order valence-corrected chi connectivity index (χ0v) is 13.2. The highest BCUT2D eigenvalue weighted by Gasteiger charge is 2.25. The second-order valence-corrected chi connectivity index (χ2v) is 6.01. The number of nitrogen functional groups attached to an aromatic ring is 1. The lowest BCUT2D eigenvalue weighted by Crippen LogP contribution is -2.40. The van der Waals surface area contributed by atoms with Crippen molar-refractivity contribution < 1.29 is 9.53 Å². The highest BCUT2D eigenvalue weighted by atomic mass is 79.9. The topological polar surface area (TPSA) is 68.5 Å². The highest BCUT2D eigenvalue weighted by Crippen LogP contribution is 2.24. The SMILES string of the molecule is COC(=O)CC1CCCCN1Cc1cc(Br)cnc1N. The van der Waals surface area contributed by atoms with Gasteiger partial charge in [-0.05, 0) is 41.4 Å². The average molecular weight is 342 g/mol. The number of piperidine rings is 1. The number of nitrogens with two attached hydrogens (primary N) is 1. The lowest BCUT2D eigenvalue weighted by Gasteiger charge is -2.35. The summed E-state index contributed by atoms with van der Waals surface area (Å²) in [5, 5.41) is 0. The Morgan fingerprint density at radius 2 is 2.40 bits per heavy atom. The monoisotopic (exact) mass is 341 g/mol. The molecule has 1 unspecified atom stereocenters. The molecule has 1 aromatic rings. The van der Waals surface area contributed by atoms with Crippen molar-refractivity contribution in [1.82, 2.24) is 9.88 Å². The molecule has 1 atom stereocenters. The first-order valence-electron chi connectivity index (χ1n) is 6.81. The van der Waals surface area contributed by atoms with E-state index >= 15 is 0 Å². The Hall–Kier alpha value is -1.14. The van der Waals surface area contributed by atoms with Gasteiger partial charge >= 0.3 is 5.97 Å². The molecule has 0 saturated carbocycles. The number of rotatable bonds is 4. The minimum absolute atomic E-state index is 0.151. The van der Waals surface area contributed by atoms with E-state index in [9.17, 15) is 4.79 Å². The van der Waals surface area contributed by atoms with Crippen LogP contribution in [-0.4, -0.2) is 35.5 Å². The first kappa shape index (κ1) is 15.3. The number of hydrogen-bond donors (Lipinski definition) is 1. The van der Waals surface area contributed by atoms with Gasteiger partial charge in [-0.25, -0.2) is 4.98 Å². The summed E-state index contributed by atoms with van der Waals surface area (Å²) in [6.07, 6.45) is 5.47. The third-order valence-corrected chi connectivity index (χ3v) is 4.15. The van der Waals surface area contributed by atoms with Crippen LogP contribution in [0, 0.1) is 0 Å². The van der Waals surface area contributed by atoms with E-state index < -0.39 is 0 Å². The molecule has 2 heterocycles. The van der Waals surface area contributed by atoms with Crippen LogP contribution in [0.4, 0.5) is 5.82 Å². The summed E-state index contributed by atoms with van der Waals surface area (Å²) in [5.41, 5.74) is 6.93. The molecule has 0 amide bonds. The molecule has 1 aliphatic heterocycles. The molecule has 20 heavy (non-hydrogen) atoms. The lowest BCUT2D eigenvalue weighted by atomic mass is 9.98. The fourth-order valence-corrected chi connectivity index (χ4v) is 2.99. The first-order valence-corrected chi connectivity index (χ1v) is 7.60. The molecular formula is C14H20BrN3O2. The Kier molecular flexibility index (Phi) is 5.37. The van der Waals surface area contributed by atoms with Crippen molar-refractivity contribution in [1.29, 1.82) is 0 Å². The summed E-state index contributed by atoms with van der Waals surface area (Å²) in [7, 11) is 1.44. The zero-order valence-electron chi connectivity index (χ0n) is 11.6. The molecule has 0 aromatic carbocycles. The summed E-state index contributed by atoms with van der Waals surface area (Å²) in [4.78, 5) is 18.0. The number of likely N-dealkylation sites (tertiary alicyclic amines) is 1. The van der Waals surface area contributed by atoms with E-state index in [2.05, 4.69) is 25.8 Å². The molecule has 1 fully saturated rings. The minimum atomic E-state index is -0.151. The molecule has 2 N–H and O–H groups in total. The number of methoxy groups -OCH3 is 1. The fraction of sp³-hybridized carbons (Fsp3) is 0.571. The molecule has 1 aromatic heterocycles. The van der Waals surface area contributed by atoms with Gasteiger partial charge in [0.05, 0.1) is 13.5 Å². The molecule has 0 spiro atoms. The average Bonchev–Trinajstić information content (AvgIpc) is 2.44. The Bertz CT molecular complexity index is 481. The second-order valence-electron chi connectivity index (χ2n) is 5.10. The van der Waals surface area contributed by atoms with Gasteiger partial charge in [0, 0.05) is 28.8 Å². The van der Waals surface area contributed by atoms with Crippen LogP contribution in [0.15, 0.2) is 16.7 Å². The van der Waals surface area contributed by atoms with Gasteiger partial charge < -0.3 is 10.5 Å². The van der Waals surface area contributed by atoms with Crippen LogP contribution in [0.5, 0.6) is 0 Å². The number of ether oxygens (including phenoxy) is 1. The first-order chi connectivity index (χ1) is 9.60. The fourth-order valence-electron chi connectivity index (χ4n) is 2.61. The van der Waals surface area contributed by atoms with Crippen LogP contribution < -0.4 is 5.73 Å². The van der Waals surface area contributed by atoms with E-state index in [1.807, 2.05) is 6.07 Å². The van der Waals surface area contributed by atoms with Crippen LogP contribution in [0.25, 0.3) is 0 Å². The van der Waals surface area contributed by atoms with E-state index in [-0.39, 0.29) is 12.0 Å². The molecule has 0 bridgehead atoms. The normalized spacial score (nSPS) is 19.8. The van der Waals surface area contributed by atoms with Crippen molar-refractivity contribution in [3.8, 4) is 0 Å². The van der Waals surface area contributed by atoms with Gasteiger partial charge in [-0.15, -0.1) is 0 Å². The van der Waals surface area contributed by atoms with Gasteiger partial charge in [0.15, 0.2) is 0 Å². The van der Waals surface area contributed by atoms with Crippen molar-refractivity contribution in [2.24, 2.45) is 0 Å². The van der Waals surface area contributed by atoms with Crippen molar-refractivity contribution in [3.05, 3.63) is 22.3 Å². The minimum Gasteiger partial charge on any atom is -0.469 e. The van der Waals surface area contributed by atoms with E-state index in [1.165, 1.54) is 7.11 Å². The summed E-state index contributed by atoms with van der Waals surface area (Å²) >= 11 is 3.42. The molecule has 0 radical (unpaired) electrons. The number of pyridine rings is 1. The number of esters is 1. The van der Waals surface area contributed by atoms with E-state index in [0.717, 1.165) is 42.4 Å².